The number of phenols is 1. The third kappa shape index (κ3) is 9.11. The molecular formula is C58H60N3OPt-. The Morgan fingerprint density at radius 3 is 2.05 bits per heavy atom. The average Bonchev–Trinajstić information content (AvgIpc) is 1.12. The zero-order valence-corrected chi connectivity index (χ0v) is 37.6. The van der Waals surface area contributed by atoms with Crippen molar-refractivity contribution in [1.29, 1.82) is 0 Å². The third-order valence-electron chi connectivity index (χ3n) is 11.1. The van der Waals surface area contributed by atoms with Crippen molar-refractivity contribution in [3.05, 3.63) is 167 Å². The van der Waals surface area contributed by atoms with E-state index in [9.17, 15) is 5.11 Å². The van der Waals surface area contributed by atoms with Gasteiger partial charge >= 0.3 is 0 Å². The normalized spacial score (nSPS) is 18.9. The molecule has 0 fully saturated rings. The van der Waals surface area contributed by atoms with Crippen LogP contribution in [-0.2, 0) is 37.3 Å². The van der Waals surface area contributed by atoms with Crippen LogP contribution >= 0.6 is 0 Å². The number of hydrogen-bond acceptors (Lipinski definition) is 3. The summed E-state index contributed by atoms with van der Waals surface area (Å²) in [6, 6.07) is 36.7. The molecule has 4 nitrogen and oxygen atoms in total. The van der Waals surface area contributed by atoms with Crippen LogP contribution in [0.2, 0.25) is 0 Å². The van der Waals surface area contributed by atoms with E-state index in [2.05, 4.69) is 6.07 Å². The van der Waals surface area contributed by atoms with E-state index in [1.807, 2.05) is 69.3 Å². The quantitative estimate of drug-likeness (QED) is 0.162. The van der Waals surface area contributed by atoms with Gasteiger partial charge in [-0.2, -0.15) is 0 Å². The molecule has 0 saturated carbocycles. The fraction of sp³-hybridized carbons (Fsp3) is 0.276. The Kier molecular flexibility index (Phi) is 6.84. The molecule has 5 heteroatoms. The van der Waals surface area contributed by atoms with Crippen LogP contribution < -0.4 is 0 Å². The minimum absolute atomic E-state index is 0. The van der Waals surface area contributed by atoms with Gasteiger partial charge in [-0.15, -0.1) is 29.3 Å². The van der Waals surface area contributed by atoms with Crippen molar-refractivity contribution in [2.45, 2.75) is 105 Å². The maximum absolute atomic E-state index is 13.0. The van der Waals surface area contributed by atoms with Gasteiger partial charge in [-0.25, -0.2) is 4.98 Å². The number of para-hydroxylation sites is 1. The van der Waals surface area contributed by atoms with E-state index in [1.54, 1.807) is 68.6 Å². The number of imidazole rings is 1. The van der Waals surface area contributed by atoms with Gasteiger partial charge in [0.25, 0.3) is 0 Å². The Morgan fingerprint density at radius 1 is 0.651 bits per heavy atom. The number of fused-ring (bicyclic) bond motifs is 1. The summed E-state index contributed by atoms with van der Waals surface area (Å²) in [5, 5.41) is 13.0. The first-order chi connectivity index (χ1) is 38.3. The van der Waals surface area contributed by atoms with Crippen molar-refractivity contribution in [3.63, 3.8) is 0 Å². The number of aryl methyl sites for hydroxylation is 1. The molecule has 0 unspecified atom stereocenters. The average molecular weight is 1030 g/mol. The molecule has 0 aliphatic rings. The van der Waals surface area contributed by atoms with Gasteiger partial charge in [0.05, 0.1) is 22.3 Å². The topological polar surface area (TPSA) is 50.9 Å². The summed E-state index contributed by atoms with van der Waals surface area (Å²) in [5.41, 5.74) is -6.98. The largest absolute Gasteiger partial charge is 0.507 e. The van der Waals surface area contributed by atoms with Crippen LogP contribution in [0.4, 0.5) is 0 Å². The number of aromatic nitrogens is 3. The Hall–Kier alpha value is -5.57. The SMILES string of the molecule is [2H]C([2H])([2H])c1ccc(-n2c(-c3cc(C(C([2H])([2H])[2H])(C([2H])([2H])[2H])C([2H])([2H])[2H])cc(C(C([2H])([2H])[2H])(C([2H])([2H])[2H])C([2H])([2H])[2H])c3O)nc3c(-c4[c-]c(-c5cc(-c6ccc(C([2H])(C)C)cc6)ccn5)cc(C(C)(C)C)c4)cccc32)c(-c2ccccc2)c1.[Pt]. The van der Waals surface area contributed by atoms with Crippen LogP contribution in [0.15, 0.2) is 134 Å². The summed E-state index contributed by atoms with van der Waals surface area (Å²) in [6.45, 7) is -18.1. The zero-order chi connectivity index (χ0) is 62.7. The minimum Gasteiger partial charge on any atom is -0.507 e. The molecule has 0 radical (unpaired) electrons. The number of hydrogen-bond donors (Lipinski definition) is 1. The first kappa shape index (κ1) is 25.1. The Balaban J connectivity index is 0.0000104. The van der Waals surface area contributed by atoms with Gasteiger partial charge in [0.15, 0.2) is 0 Å². The summed E-state index contributed by atoms with van der Waals surface area (Å²) in [7, 11) is 0. The Bertz CT molecular complexity index is 3710. The molecule has 0 saturated heterocycles. The predicted octanol–water partition coefficient (Wildman–Crippen LogP) is 15.6. The van der Waals surface area contributed by atoms with Gasteiger partial charge < -0.3 is 5.11 Å². The van der Waals surface area contributed by atoms with Crippen molar-refractivity contribution in [1.82, 2.24) is 14.5 Å². The summed E-state index contributed by atoms with van der Waals surface area (Å²) in [4.78, 5) is 9.85. The molecule has 2 aromatic heterocycles. The van der Waals surface area contributed by atoms with E-state index in [0.717, 1.165) is 22.3 Å². The van der Waals surface area contributed by atoms with Crippen molar-refractivity contribution < 1.29 is 56.3 Å². The Labute approximate surface area is 420 Å². The number of aromatic hydroxyl groups is 1. The third-order valence-corrected chi connectivity index (χ3v) is 11.1. The maximum Gasteiger partial charge on any atom is 0.148 e. The van der Waals surface area contributed by atoms with E-state index in [-0.39, 0.29) is 55.0 Å². The molecule has 0 aliphatic carbocycles. The van der Waals surface area contributed by atoms with E-state index in [1.165, 1.54) is 22.8 Å². The predicted molar refractivity (Wildman–Crippen MR) is 261 cm³/mol. The van der Waals surface area contributed by atoms with Crippen molar-refractivity contribution >= 4 is 11.0 Å². The molecule has 1 N–H and O–H groups in total. The van der Waals surface area contributed by atoms with Crippen LogP contribution in [0.25, 0.3) is 72.7 Å². The second-order valence-corrected chi connectivity index (χ2v) is 16.9. The van der Waals surface area contributed by atoms with Crippen LogP contribution in [-0.4, -0.2) is 19.6 Å². The summed E-state index contributed by atoms with van der Waals surface area (Å²) in [6.07, 6.45) is 1.65. The molecule has 63 heavy (non-hydrogen) atoms. The summed E-state index contributed by atoms with van der Waals surface area (Å²) >= 11 is 0. The molecule has 0 aliphatic heterocycles. The smallest absolute Gasteiger partial charge is 0.148 e. The molecule has 8 aromatic rings. The molecular weight excluding hydrogens is 950 g/mol. The van der Waals surface area contributed by atoms with Crippen molar-refractivity contribution in [2.75, 3.05) is 0 Å². The molecule has 0 bridgehead atoms. The number of nitrogens with zero attached hydrogens (tertiary/aromatic N) is 3. The number of benzene rings is 6. The summed E-state index contributed by atoms with van der Waals surface area (Å²) in [5.74, 6) is -2.86. The van der Waals surface area contributed by atoms with E-state index in [4.69, 9.17) is 40.1 Å². The van der Waals surface area contributed by atoms with E-state index < -0.39 is 98.4 Å². The Morgan fingerprint density at radius 2 is 1.37 bits per heavy atom. The first-order valence-corrected chi connectivity index (χ1v) is 20.0. The van der Waals surface area contributed by atoms with Gasteiger partial charge in [0.1, 0.15) is 11.6 Å². The second kappa shape index (κ2) is 17.2. The fourth-order valence-corrected chi connectivity index (χ4v) is 7.67. The van der Waals surface area contributed by atoms with Gasteiger partial charge in [0.2, 0.25) is 0 Å². The van der Waals surface area contributed by atoms with Crippen LogP contribution in [0.5, 0.6) is 5.75 Å². The molecule has 324 valence electrons. The van der Waals surface area contributed by atoms with Gasteiger partial charge in [-0.3, -0.25) is 9.55 Å². The molecule has 0 amide bonds. The minimum atomic E-state index is -4.21. The van der Waals surface area contributed by atoms with E-state index >= 15 is 0 Å². The monoisotopic (exact) mass is 1030 g/mol. The first-order valence-electron chi connectivity index (χ1n) is 31.0. The molecule has 0 atom stereocenters. The molecule has 0 spiro atoms. The second-order valence-electron chi connectivity index (χ2n) is 16.9. The van der Waals surface area contributed by atoms with Crippen molar-refractivity contribution in [3.8, 4) is 67.5 Å². The van der Waals surface area contributed by atoms with Crippen LogP contribution in [0.3, 0.4) is 0 Å². The number of phenolic OH excluding ortho intramolecular Hbond substituents is 1. The molecule has 8 rings (SSSR count). The standard InChI is InChI=1S/C58H60N3O.Pt/c1-36(2)38-22-24-39(25-23-38)41-27-28-59-50(33-41)43-30-42(31-44(32-43)56(4,5)6)46-19-16-20-52-53(46)60-55(48-34-45(57(7,8)9)35-49(54(48)62)58(10,11)12)61(52)51-26-21-37(3)29-47(51)40-17-14-13-15-18-40;/h13-29,31-36,62H,1-12H3;/q-1;/i3D3,7D3,8D3,9D3,10D3,11D3,12D3,36D;. The summed E-state index contributed by atoms with van der Waals surface area (Å²) < 4.78 is 193. The fourth-order valence-electron chi connectivity index (χ4n) is 7.67. The van der Waals surface area contributed by atoms with Gasteiger partial charge in [-0.05, 0) is 87.1 Å². The molecule has 6 aromatic carbocycles. The number of pyridine rings is 1. The van der Waals surface area contributed by atoms with Crippen LogP contribution in [0.1, 0.15) is 140 Å². The molecule has 2 heterocycles. The van der Waals surface area contributed by atoms with Crippen LogP contribution in [0, 0.1) is 12.9 Å². The number of rotatable bonds is 7. The van der Waals surface area contributed by atoms with Gasteiger partial charge in [0, 0.05) is 74.2 Å². The maximum atomic E-state index is 13.0. The van der Waals surface area contributed by atoms with Gasteiger partial charge in [-0.1, -0.05) is 177 Å². The van der Waals surface area contributed by atoms with E-state index in [0.29, 0.717) is 34.0 Å². The van der Waals surface area contributed by atoms with Crippen molar-refractivity contribution in [2.24, 2.45) is 0 Å². The zero-order valence-electron chi connectivity index (χ0n) is 57.3.